The number of rotatable bonds is 9. The molecular formula is C14H21NO3. The maximum absolute atomic E-state index is 10.9. The van der Waals surface area contributed by atoms with E-state index < -0.39 is 5.97 Å². The topological polar surface area (TPSA) is 58.6 Å². The van der Waals surface area contributed by atoms with E-state index in [1.165, 1.54) is 0 Å². The lowest BCUT2D eigenvalue weighted by Gasteiger charge is -2.09. The molecule has 0 saturated heterocycles. The number of hydrogen-bond acceptors (Lipinski definition) is 3. The summed E-state index contributed by atoms with van der Waals surface area (Å²) in [4.78, 5) is 10.9. The van der Waals surface area contributed by atoms with Crippen LogP contribution in [0.2, 0.25) is 0 Å². The van der Waals surface area contributed by atoms with Gasteiger partial charge in [-0.1, -0.05) is 19.1 Å². The van der Waals surface area contributed by atoms with Gasteiger partial charge in [0.15, 0.2) is 0 Å². The summed E-state index contributed by atoms with van der Waals surface area (Å²) in [6.45, 7) is 4.72. The molecule has 4 nitrogen and oxygen atoms in total. The van der Waals surface area contributed by atoms with Gasteiger partial charge in [0.05, 0.1) is 6.61 Å². The molecule has 4 heteroatoms. The molecule has 0 atom stereocenters. The first-order chi connectivity index (χ1) is 8.75. The van der Waals surface area contributed by atoms with E-state index in [-0.39, 0.29) is 5.56 Å². The van der Waals surface area contributed by atoms with Crippen molar-refractivity contribution in [1.29, 1.82) is 0 Å². The molecule has 0 radical (unpaired) electrons. The molecule has 0 aliphatic carbocycles. The van der Waals surface area contributed by atoms with E-state index in [1.54, 1.807) is 24.3 Å². The molecule has 0 aliphatic rings. The summed E-state index contributed by atoms with van der Waals surface area (Å²) >= 11 is 0. The second kappa shape index (κ2) is 8.53. The number of carboxylic acid groups (broad SMARTS) is 1. The minimum absolute atomic E-state index is 0.224. The average molecular weight is 251 g/mol. The van der Waals surface area contributed by atoms with E-state index in [9.17, 15) is 4.79 Å². The smallest absolute Gasteiger partial charge is 0.339 e. The van der Waals surface area contributed by atoms with Gasteiger partial charge in [0.1, 0.15) is 11.3 Å². The minimum atomic E-state index is -0.949. The van der Waals surface area contributed by atoms with Gasteiger partial charge in [-0.25, -0.2) is 4.79 Å². The number of nitrogens with one attached hydrogen (secondary N) is 1. The van der Waals surface area contributed by atoms with Crippen LogP contribution in [0, 0.1) is 0 Å². The molecule has 0 unspecified atom stereocenters. The minimum Gasteiger partial charge on any atom is -0.493 e. The van der Waals surface area contributed by atoms with Crippen molar-refractivity contribution < 1.29 is 14.6 Å². The molecule has 0 aliphatic heterocycles. The largest absolute Gasteiger partial charge is 0.493 e. The number of ether oxygens (including phenoxy) is 1. The molecule has 0 amide bonds. The average Bonchev–Trinajstić information content (AvgIpc) is 2.38. The molecule has 100 valence electrons. The van der Waals surface area contributed by atoms with Gasteiger partial charge >= 0.3 is 5.97 Å². The quantitative estimate of drug-likeness (QED) is 0.662. The first kappa shape index (κ1) is 14.5. The molecule has 0 heterocycles. The molecule has 18 heavy (non-hydrogen) atoms. The Morgan fingerprint density at radius 3 is 2.78 bits per heavy atom. The van der Waals surface area contributed by atoms with Crippen LogP contribution in [0.4, 0.5) is 0 Å². The maximum atomic E-state index is 10.9. The second-order valence-electron chi connectivity index (χ2n) is 4.11. The third-order valence-corrected chi connectivity index (χ3v) is 2.55. The zero-order valence-electron chi connectivity index (χ0n) is 10.8. The number of aromatic carboxylic acids is 1. The summed E-state index contributed by atoms with van der Waals surface area (Å²) in [5.41, 5.74) is 0.224. The summed E-state index contributed by atoms with van der Waals surface area (Å²) in [6, 6.07) is 6.73. The predicted molar refractivity (Wildman–Crippen MR) is 71.3 cm³/mol. The summed E-state index contributed by atoms with van der Waals surface area (Å²) in [6.07, 6.45) is 3.10. The van der Waals surface area contributed by atoms with Gasteiger partial charge in [-0.05, 0) is 44.5 Å². The van der Waals surface area contributed by atoms with Crippen LogP contribution in [0.3, 0.4) is 0 Å². The van der Waals surface area contributed by atoms with E-state index in [4.69, 9.17) is 9.84 Å². The van der Waals surface area contributed by atoms with E-state index in [0.717, 1.165) is 32.4 Å². The summed E-state index contributed by atoms with van der Waals surface area (Å²) in [5, 5.41) is 12.3. The zero-order valence-corrected chi connectivity index (χ0v) is 10.8. The van der Waals surface area contributed by atoms with Crippen molar-refractivity contribution in [2.75, 3.05) is 19.7 Å². The number of benzene rings is 1. The van der Waals surface area contributed by atoms with Gasteiger partial charge in [-0.3, -0.25) is 0 Å². The van der Waals surface area contributed by atoms with Gasteiger partial charge in [0.25, 0.3) is 0 Å². The molecule has 0 saturated carbocycles. The molecule has 0 fully saturated rings. The number of carbonyl (C=O) groups is 1. The molecule has 1 aromatic carbocycles. The lowest BCUT2D eigenvalue weighted by molar-refractivity contribution is 0.0692. The Balaban J connectivity index is 2.25. The fourth-order valence-corrected chi connectivity index (χ4v) is 1.61. The predicted octanol–water partition coefficient (Wildman–Crippen LogP) is 2.54. The van der Waals surface area contributed by atoms with Gasteiger partial charge in [0.2, 0.25) is 0 Å². The molecule has 1 rings (SSSR count). The third-order valence-electron chi connectivity index (χ3n) is 2.55. The van der Waals surface area contributed by atoms with Crippen LogP contribution in [-0.2, 0) is 0 Å². The third kappa shape index (κ3) is 5.19. The van der Waals surface area contributed by atoms with Crippen LogP contribution in [0.25, 0.3) is 0 Å². The number of para-hydroxylation sites is 1. The van der Waals surface area contributed by atoms with Crippen molar-refractivity contribution in [2.24, 2.45) is 0 Å². The Kier molecular flexibility index (Phi) is 6.87. The lowest BCUT2D eigenvalue weighted by Crippen LogP contribution is -2.16. The van der Waals surface area contributed by atoms with Crippen LogP contribution in [-0.4, -0.2) is 30.8 Å². The molecular weight excluding hydrogens is 230 g/mol. The van der Waals surface area contributed by atoms with Crippen molar-refractivity contribution in [3.8, 4) is 5.75 Å². The van der Waals surface area contributed by atoms with Crippen LogP contribution in [0.1, 0.15) is 36.5 Å². The number of hydrogen-bond donors (Lipinski definition) is 2. The SMILES string of the molecule is CCCNCCCCOc1ccccc1C(=O)O. The number of unbranched alkanes of at least 4 members (excludes halogenated alkanes) is 1. The fraction of sp³-hybridized carbons (Fsp3) is 0.500. The highest BCUT2D eigenvalue weighted by atomic mass is 16.5. The highest BCUT2D eigenvalue weighted by Crippen LogP contribution is 2.17. The van der Waals surface area contributed by atoms with E-state index in [2.05, 4.69) is 12.2 Å². The summed E-state index contributed by atoms with van der Waals surface area (Å²) in [5.74, 6) is -0.498. The highest BCUT2D eigenvalue weighted by Gasteiger charge is 2.09. The summed E-state index contributed by atoms with van der Waals surface area (Å²) in [7, 11) is 0. The standard InChI is InChI=1S/C14H21NO3/c1-2-9-15-10-5-6-11-18-13-8-4-3-7-12(13)14(16)17/h3-4,7-8,15H,2,5-6,9-11H2,1H3,(H,16,17). The molecule has 0 aromatic heterocycles. The fourth-order valence-electron chi connectivity index (χ4n) is 1.61. The Morgan fingerprint density at radius 2 is 2.06 bits per heavy atom. The van der Waals surface area contributed by atoms with Crippen molar-refractivity contribution in [2.45, 2.75) is 26.2 Å². The van der Waals surface area contributed by atoms with Crippen LogP contribution >= 0.6 is 0 Å². The van der Waals surface area contributed by atoms with Crippen molar-refractivity contribution in [1.82, 2.24) is 5.32 Å². The van der Waals surface area contributed by atoms with Crippen molar-refractivity contribution in [3.63, 3.8) is 0 Å². The van der Waals surface area contributed by atoms with E-state index in [0.29, 0.717) is 12.4 Å². The Morgan fingerprint density at radius 1 is 1.28 bits per heavy atom. The number of carboxylic acids is 1. The summed E-state index contributed by atoms with van der Waals surface area (Å²) < 4.78 is 5.50. The van der Waals surface area contributed by atoms with Gasteiger partial charge < -0.3 is 15.2 Å². The Hall–Kier alpha value is -1.55. The first-order valence-corrected chi connectivity index (χ1v) is 6.41. The Bertz CT molecular complexity index is 366. The normalized spacial score (nSPS) is 10.3. The maximum Gasteiger partial charge on any atom is 0.339 e. The first-order valence-electron chi connectivity index (χ1n) is 6.41. The van der Waals surface area contributed by atoms with E-state index in [1.807, 2.05) is 0 Å². The zero-order chi connectivity index (χ0) is 13.2. The molecule has 0 bridgehead atoms. The van der Waals surface area contributed by atoms with Crippen LogP contribution in [0.15, 0.2) is 24.3 Å². The molecule has 1 aromatic rings. The highest BCUT2D eigenvalue weighted by molar-refractivity contribution is 5.90. The van der Waals surface area contributed by atoms with Crippen molar-refractivity contribution >= 4 is 5.97 Å². The molecule has 0 spiro atoms. The Labute approximate surface area is 108 Å². The van der Waals surface area contributed by atoms with Gasteiger partial charge in [0, 0.05) is 0 Å². The van der Waals surface area contributed by atoms with Crippen molar-refractivity contribution in [3.05, 3.63) is 29.8 Å². The van der Waals surface area contributed by atoms with Gasteiger partial charge in [-0.15, -0.1) is 0 Å². The van der Waals surface area contributed by atoms with Crippen LogP contribution < -0.4 is 10.1 Å². The molecule has 2 N–H and O–H groups in total. The van der Waals surface area contributed by atoms with E-state index >= 15 is 0 Å². The lowest BCUT2D eigenvalue weighted by atomic mass is 10.2. The van der Waals surface area contributed by atoms with Crippen LogP contribution in [0.5, 0.6) is 5.75 Å². The second-order valence-corrected chi connectivity index (χ2v) is 4.11. The monoisotopic (exact) mass is 251 g/mol. The van der Waals surface area contributed by atoms with Gasteiger partial charge in [-0.2, -0.15) is 0 Å².